The molecule has 0 bridgehead atoms. The summed E-state index contributed by atoms with van der Waals surface area (Å²) in [6.07, 6.45) is 1.67. The number of carboxylic acid groups (broad SMARTS) is 1. The number of aromatic nitrogens is 2. The van der Waals surface area contributed by atoms with Gasteiger partial charge in [0.15, 0.2) is 0 Å². The van der Waals surface area contributed by atoms with Crippen molar-refractivity contribution in [1.29, 1.82) is 0 Å². The van der Waals surface area contributed by atoms with Gasteiger partial charge >= 0.3 is 5.97 Å². The summed E-state index contributed by atoms with van der Waals surface area (Å²) < 4.78 is 2.00. The van der Waals surface area contributed by atoms with E-state index in [1.54, 1.807) is 13.0 Å². The minimum absolute atomic E-state index is 0.0213. The molecule has 0 spiro atoms. The summed E-state index contributed by atoms with van der Waals surface area (Å²) in [7, 11) is 0. The Morgan fingerprint density at radius 1 is 1.04 bits per heavy atom. The number of hydrogen-bond acceptors (Lipinski definition) is 2. The molecule has 1 aromatic heterocycles. The van der Waals surface area contributed by atoms with Gasteiger partial charge in [0.1, 0.15) is 0 Å². The molecule has 0 aliphatic rings. The number of rotatable bonds is 3. The molecule has 0 aliphatic heterocycles. The molecule has 2 rings (SSSR count). The number of nitrogens with zero attached hydrogens (tertiary/aromatic N) is 2. The minimum Gasteiger partial charge on any atom is -0.478 e. The van der Waals surface area contributed by atoms with Gasteiger partial charge < -0.3 is 5.11 Å². The maximum Gasteiger partial charge on any atom is 0.331 e. The lowest BCUT2D eigenvalue weighted by Gasteiger charge is -2.20. The predicted molar refractivity (Wildman–Crippen MR) is 102 cm³/mol. The van der Waals surface area contributed by atoms with Crippen molar-refractivity contribution < 1.29 is 9.90 Å². The topological polar surface area (TPSA) is 55.1 Å². The van der Waals surface area contributed by atoms with E-state index in [9.17, 15) is 4.79 Å². The lowest BCUT2D eigenvalue weighted by atomic mass is 9.88. The van der Waals surface area contributed by atoms with Crippen LogP contribution in [-0.4, -0.2) is 20.9 Å². The van der Waals surface area contributed by atoms with Gasteiger partial charge in [-0.1, -0.05) is 53.7 Å². The Hall–Kier alpha value is -2.36. The standard InChI is InChI=1S/C21H28N2O2/c1-14(19(24)25)12-15-8-10-16(11-9-15)23-18(21(5,6)7)13-17(22-23)20(2,3)4/h8-13H,1-7H3,(H,24,25)/b14-12+. The number of carboxylic acids is 1. The van der Waals surface area contributed by atoms with Crippen LogP contribution in [0.5, 0.6) is 0 Å². The number of aliphatic carboxylic acids is 1. The normalized spacial score (nSPS) is 13.2. The Bertz CT molecular complexity index is 798. The smallest absolute Gasteiger partial charge is 0.331 e. The Morgan fingerprint density at radius 2 is 1.60 bits per heavy atom. The highest BCUT2D eigenvalue weighted by atomic mass is 16.4. The summed E-state index contributed by atoms with van der Waals surface area (Å²) in [6.45, 7) is 14.6. The third-order valence-corrected chi connectivity index (χ3v) is 4.10. The first-order chi connectivity index (χ1) is 11.4. The van der Waals surface area contributed by atoms with Gasteiger partial charge in [-0.2, -0.15) is 5.10 Å². The van der Waals surface area contributed by atoms with Gasteiger partial charge in [-0.25, -0.2) is 9.48 Å². The molecule has 4 heteroatoms. The van der Waals surface area contributed by atoms with Gasteiger partial charge in [0.05, 0.1) is 11.4 Å². The van der Waals surface area contributed by atoms with E-state index in [-0.39, 0.29) is 10.8 Å². The fourth-order valence-electron chi connectivity index (χ4n) is 2.50. The van der Waals surface area contributed by atoms with Crippen molar-refractivity contribution >= 4 is 12.0 Å². The molecule has 0 radical (unpaired) electrons. The molecule has 0 saturated carbocycles. The van der Waals surface area contributed by atoms with Gasteiger partial charge in [0.25, 0.3) is 0 Å². The minimum atomic E-state index is -0.902. The van der Waals surface area contributed by atoms with Crippen molar-refractivity contribution in [3.05, 3.63) is 52.9 Å². The average Bonchev–Trinajstić information content (AvgIpc) is 2.93. The number of benzene rings is 1. The number of hydrogen-bond donors (Lipinski definition) is 1. The first-order valence-electron chi connectivity index (χ1n) is 8.52. The monoisotopic (exact) mass is 340 g/mol. The lowest BCUT2D eigenvalue weighted by molar-refractivity contribution is -0.132. The first-order valence-corrected chi connectivity index (χ1v) is 8.52. The zero-order chi connectivity index (χ0) is 19.0. The highest BCUT2D eigenvalue weighted by Crippen LogP contribution is 2.30. The molecule has 2 aromatic rings. The SMILES string of the molecule is C/C(=C\c1ccc(-n2nc(C(C)(C)C)cc2C(C)(C)C)cc1)C(=O)O. The van der Waals surface area contributed by atoms with Crippen LogP contribution in [0.1, 0.15) is 65.4 Å². The van der Waals surface area contributed by atoms with Crippen LogP contribution < -0.4 is 0 Å². The maximum atomic E-state index is 11.0. The highest BCUT2D eigenvalue weighted by molar-refractivity contribution is 5.91. The second-order valence-electron chi connectivity index (χ2n) is 8.55. The van der Waals surface area contributed by atoms with E-state index >= 15 is 0 Å². The number of carbonyl (C=O) groups is 1. The third-order valence-electron chi connectivity index (χ3n) is 4.10. The van der Waals surface area contributed by atoms with Crippen LogP contribution in [0, 0.1) is 0 Å². The first kappa shape index (κ1) is 19.0. The molecule has 1 aromatic carbocycles. The highest BCUT2D eigenvalue weighted by Gasteiger charge is 2.26. The molecule has 0 fully saturated rings. The lowest BCUT2D eigenvalue weighted by Crippen LogP contribution is -2.17. The Kier molecular flexibility index (Phi) is 4.94. The van der Waals surface area contributed by atoms with Crippen LogP contribution >= 0.6 is 0 Å². The zero-order valence-electron chi connectivity index (χ0n) is 16.2. The van der Waals surface area contributed by atoms with Crippen molar-refractivity contribution in [2.75, 3.05) is 0 Å². The summed E-state index contributed by atoms with van der Waals surface area (Å²) in [6, 6.07) is 9.99. The van der Waals surface area contributed by atoms with Crippen LogP contribution in [-0.2, 0) is 15.6 Å². The van der Waals surface area contributed by atoms with Gasteiger partial charge in [0.2, 0.25) is 0 Å². The van der Waals surface area contributed by atoms with Gasteiger partial charge in [-0.3, -0.25) is 0 Å². The molecule has 1 heterocycles. The second-order valence-corrected chi connectivity index (χ2v) is 8.55. The fraction of sp³-hybridized carbons (Fsp3) is 0.429. The maximum absolute atomic E-state index is 11.0. The molecule has 0 amide bonds. The summed E-state index contributed by atoms with van der Waals surface area (Å²) in [5, 5.41) is 13.8. The predicted octanol–water partition coefficient (Wildman–Crippen LogP) is 4.96. The molecule has 4 nitrogen and oxygen atoms in total. The van der Waals surface area contributed by atoms with Gasteiger partial charge in [-0.15, -0.1) is 0 Å². The molecule has 134 valence electrons. The van der Waals surface area contributed by atoms with Crippen molar-refractivity contribution in [3.8, 4) is 5.69 Å². The van der Waals surface area contributed by atoms with E-state index in [0.717, 1.165) is 22.6 Å². The summed E-state index contributed by atoms with van der Waals surface area (Å²) in [5.74, 6) is -0.902. The second kappa shape index (κ2) is 6.51. The van der Waals surface area contributed by atoms with E-state index in [1.165, 1.54) is 0 Å². The van der Waals surface area contributed by atoms with Crippen LogP contribution in [0.15, 0.2) is 35.9 Å². The summed E-state index contributed by atoms with van der Waals surface area (Å²) in [4.78, 5) is 11.0. The zero-order valence-corrected chi connectivity index (χ0v) is 16.2. The molecule has 25 heavy (non-hydrogen) atoms. The Balaban J connectivity index is 2.49. The van der Waals surface area contributed by atoms with E-state index in [0.29, 0.717) is 5.57 Å². The largest absolute Gasteiger partial charge is 0.478 e. The van der Waals surface area contributed by atoms with E-state index < -0.39 is 5.97 Å². The van der Waals surface area contributed by atoms with Crippen molar-refractivity contribution in [1.82, 2.24) is 9.78 Å². The Labute approximate surface area is 150 Å². The molecule has 1 N–H and O–H groups in total. The summed E-state index contributed by atoms with van der Waals surface area (Å²) >= 11 is 0. The van der Waals surface area contributed by atoms with E-state index in [1.807, 2.05) is 28.9 Å². The van der Waals surface area contributed by atoms with Gasteiger partial charge in [0, 0.05) is 22.1 Å². The molecule has 0 saturated heterocycles. The van der Waals surface area contributed by atoms with E-state index in [4.69, 9.17) is 10.2 Å². The average molecular weight is 340 g/mol. The quantitative estimate of drug-likeness (QED) is 0.804. The van der Waals surface area contributed by atoms with E-state index in [2.05, 4.69) is 47.6 Å². The molecule has 0 unspecified atom stereocenters. The third kappa shape index (κ3) is 4.38. The van der Waals surface area contributed by atoms with Crippen LogP contribution in [0.25, 0.3) is 11.8 Å². The van der Waals surface area contributed by atoms with Crippen LogP contribution in [0.4, 0.5) is 0 Å². The van der Waals surface area contributed by atoms with Crippen LogP contribution in [0.3, 0.4) is 0 Å². The van der Waals surface area contributed by atoms with Gasteiger partial charge in [-0.05, 0) is 36.8 Å². The molecule has 0 aliphatic carbocycles. The molecular formula is C21H28N2O2. The Morgan fingerprint density at radius 3 is 2.04 bits per heavy atom. The van der Waals surface area contributed by atoms with Crippen molar-refractivity contribution in [3.63, 3.8) is 0 Å². The molecule has 0 atom stereocenters. The molecular weight excluding hydrogens is 312 g/mol. The fourth-order valence-corrected chi connectivity index (χ4v) is 2.50. The van der Waals surface area contributed by atoms with Crippen LogP contribution in [0.2, 0.25) is 0 Å². The van der Waals surface area contributed by atoms with Crippen molar-refractivity contribution in [2.45, 2.75) is 59.3 Å². The summed E-state index contributed by atoms with van der Waals surface area (Å²) in [5.41, 5.74) is 4.32. The van der Waals surface area contributed by atoms with Crippen molar-refractivity contribution in [2.24, 2.45) is 0 Å².